The van der Waals surface area contributed by atoms with Gasteiger partial charge in [-0.25, -0.2) is 4.68 Å². The average molecular weight is 396 g/mol. The number of tetrazole rings is 1. The van der Waals surface area contributed by atoms with Gasteiger partial charge in [-0.1, -0.05) is 19.1 Å². The first kappa shape index (κ1) is 19.9. The van der Waals surface area contributed by atoms with Gasteiger partial charge in [0.15, 0.2) is 6.04 Å². The Morgan fingerprint density at radius 3 is 2.62 bits per heavy atom. The summed E-state index contributed by atoms with van der Waals surface area (Å²) < 4.78 is 2.00. The summed E-state index contributed by atoms with van der Waals surface area (Å²) in [4.78, 5) is 7.75. The van der Waals surface area contributed by atoms with Gasteiger partial charge in [0.25, 0.3) is 0 Å². The highest BCUT2D eigenvalue weighted by Gasteiger charge is 2.37. The number of hydrogen-bond donors (Lipinski definition) is 2. The van der Waals surface area contributed by atoms with E-state index < -0.39 is 0 Å². The maximum absolute atomic E-state index is 4.53. The van der Waals surface area contributed by atoms with Crippen LogP contribution in [0.2, 0.25) is 0 Å². The predicted octanol–water partition coefficient (Wildman–Crippen LogP) is 0.259. The molecule has 0 saturated carbocycles. The normalized spacial score (nSPS) is 21.4. The summed E-state index contributed by atoms with van der Waals surface area (Å²) in [6, 6.07) is 10.9. The highest BCUT2D eigenvalue weighted by Crippen LogP contribution is 2.24. The third kappa shape index (κ3) is 4.16. The van der Waals surface area contributed by atoms with E-state index in [-0.39, 0.29) is 11.6 Å². The van der Waals surface area contributed by atoms with Crippen LogP contribution in [-0.2, 0) is 5.54 Å². The lowest BCUT2D eigenvalue weighted by atomic mass is 9.99. The zero-order chi connectivity index (χ0) is 20.4. The van der Waals surface area contributed by atoms with Crippen molar-refractivity contribution >= 4 is 10.9 Å². The predicted molar refractivity (Wildman–Crippen MR) is 113 cm³/mol. The molecule has 1 aliphatic heterocycles. The van der Waals surface area contributed by atoms with E-state index in [4.69, 9.17) is 0 Å². The molecule has 0 radical (unpaired) electrons. The van der Waals surface area contributed by atoms with Gasteiger partial charge in [0.05, 0.1) is 17.6 Å². The number of nitrogens with zero attached hydrogens (tertiary/aromatic N) is 5. The van der Waals surface area contributed by atoms with Crippen molar-refractivity contribution < 1.29 is 9.80 Å². The number of piperazine rings is 1. The van der Waals surface area contributed by atoms with E-state index in [9.17, 15) is 0 Å². The van der Waals surface area contributed by atoms with Crippen molar-refractivity contribution in [1.82, 2.24) is 25.2 Å². The van der Waals surface area contributed by atoms with Crippen LogP contribution < -0.4 is 9.80 Å². The first-order valence-electron chi connectivity index (χ1n) is 10.8. The number of pyridine rings is 1. The maximum atomic E-state index is 4.53. The van der Waals surface area contributed by atoms with Gasteiger partial charge in [0.1, 0.15) is 26.2 Å². The standard InChI is InChI=1S/C22H31N7/c1-5-11-27-12-14-28(15-13-27)20(21-24-25-26-29(21)22(2,3)4)18-8-9-19-17(16-18)7-6-10-23-19/h6-10,16,20H,5,11-15H2,1-4H3/p+2/t20-/m0/s1. The van der Waals surface area contributed by atoms with E-state index in [2.05, 4.69) is 72.5 Å². The van der Waals surface area contributed by atoms with Crippen molar-refractivity contribution in [2.24, 2.45) is 0 Å². The van der Waals surface area contributed by atoms with Gasteiger partial charge >= 0.3 is 0 Å². The van der Waals surface area contributed by atoms with Gasteiger partial charge in [-0.05, 0) is 55.8 Å². The second-order valence-electron chi connectivity index (χ2n) is 9.17. The smallest absolute Gasteiger partial charge is 0.214 e. The average Bonchev–Trinajstić information content (AvgIpc) is 3.20. The monoisotopic (exact) mass is 395 g/mol. The van der Waals surface area contributed by atoms with E-state index in [1.54, 1.807) is 9.80 Å². The van der Waals surface area contributed by atoms with E-state index in [1.807, 2.05) is 16.9 Å². The van der Waals surface area contributed by atoms with Gasteiger partial charge in [0.2, 0.25) is 5.82 Å². The van der Waals surface area contributed by atoms with Gasteiger partial charge in [-0.2, -0.15) is 0 Å². The SMILES string of the molecule is CCC[NH+]1CC[NH+]([C@@H](c2ccc3ncccc3c2)c2nnnn2C(C)(C)C)CC1. The van der Waals surface area contributed by atoms with Crippen molar-refractivity contribution in [3.05, 3.63) is 47.9 Å². The van der Waals surface area contributed by atoms with Crippen LogP contribution in [0.4, 0.5) is 0 Å². The molecule has 7 heteroatoms. The molecule has 0 spiro atoms. The third-order valence-corrected chi connectivity index (χ3v) is 5.96. The highest BCUT2D eigenvalue weighted by molar-refractivity contribution is 5.79. The minimum Gasteiger partial charge on any atom is -0.326 e. The van der Waals surface area contributed by atoms with Crippen molar-refractivity contribution in [2.45, 2.75) is 45.7 Å². The molecule has 1 aromatic carbocycles. The number of fused-ring (bicyclic) bond motifs is 1. The molecule has 0 aliphatic carbocycles. The number of hydrogen-bond acceptors (Lipinski definition) is 4. The Hall–Kier alpha value is -2.38. The molecule has 3 heterocycles. The van der Waals surface area contributed by atoms with Crippen LogP contribution in [0.1, 0.15) is 51.5 Å². The van der Waals surface area contributed by atoms with Crippen LogP contribution in [0, 0.1) is 0 Å². The van der Waals surface area contributed by atoms with Crippen LogP contribution in [-0.4, -0.2) is 57.9 Å². The lowest BCUT2D eigenvalue weighted by molar-refractivity contribution is -1.02. The van der Waals surface area contributed by atoms with Crippen molar-refractivity contribution in [3.8, 4) is 0 Å². The Bertz CT molecular complexity index is 951. The van der Waals surface area contributed by atoms with Crippen molar-refractivity contribution in [1.29, 1.82) is 0 Å². The fourth-order valence-electron chi connectivity index (χ4n) is 4.51. The molecule has 7 nitrogen and oxygen atoms in total. The minimum absolute atomic E-state index is 0.122. The Balaban J connectivity index is 1.74. The molecule has 3 aromatic rings. The number of benzene rings is 1. The van der Waals surface area contributed by atoms with E-state index in [0.29, 0.717) is 0 Å². The molecule has 0 unspecified atom stereocenters. The molecule has 2 N–H and O–H groups in total. The first-order chi connectivity index (χ1) is 14.0. The molecule has 1 atom stereocenters. The molecule has 154 valence electrons. The highest BCUT2D eigenvalue weighted by atomic mass is 15.6. The Kier molecular flexibility index (Phi) is 5.61. The molecule has 0 bridgehead atoms. The molecule has 1 aliphatic rings. The zero-order valence-electron chi connectivity index (χ0n) is 18.0. The van der Waals surface area contributed by atoms with E-state index in [1.165, 1.54) is 37.0 Å². The lowest BCUT2D eigenvalue weighted by Crippen LogP contribution is -3.28. The number of nitrogens with one attached hydrogen (secondary N) is 2. The van der Waals surface area contributed by atoms with Crippen LogP contribution in [0.3, 0.4) is 0 Å². The molecule has 1 fully saturated rings. The quantitative estimate of drug-likeness (QED) is 0.651. The van der Waals surface area contributed by atoms with Gasteiger partial charge < -0.3 is 9.80 Å². The molecule has 29 heavy (non-hydrogen) atoms. The topological polar surface area (TPSA) is 65.4 Å². The third-order valence-electron chi connectivity index (χ3n) is 5.96. The van der Waals surface area contributed by atoms with Gasteiger partial charge in [-0.15, -0.1) is 5.10 Å². The minimum atomic E-state index is -0.162. The summed E-state index contributed by atoms with van der Waals surface area (Å²) in [5, 5.41) is 14.1. The summed E-state index contributed by atoms with van der Waals surface area (Å²) in [7, 11) is 0. The van der Waals surface area contributed by atoms with Gasteiger partial charge in [-0.3, -0.25) is 4.98 Å². The number of aromatic nitrogens is 5. The number of quaternary nitrogens is 2. The Morgan fingerprint density at radius 2 is 1.90 bits per heavy atom. The summed E-state index contributed by atoms with van der Waals surface area (Å²) in [6.07, 6.45) is 3.09. The summed E-state index contributed by atoms with van der Waals surface area (Å²) in [5.41, 5.74) is 2.13. The van der Waals surface area contributed by atoms with E-state index in [0.717, 1.165) is 24.4 Å². The maximum Gasteiger partial charge on any atom is 0.214 e. The van der Waals surface area contributed by atoms with Crippen molar-refractivity contribution in [2.75, 3.05) is 32.7 Å². The molecule has 2 aromatic heterocycles. The molecule has 4 rings (SSSR count). The second-order valence-corrected chi connectivity index (χ2v) is 9.17. The lowest BCUT2D eigenvalue weighted by Gasteiger charge is -2.35. The molecule has 0 amide bonds. The van der Waals surface area contributed by atoms with Crippen LogP contribution in [0.25, 0.3) is 10.9 Å². The summed E-state index contributed by atoms with van der Waals surface area (Å²) in [6.45, 7) is 14.7. The summed E-state index contributed by atoms with van der Waals surface area (Å²) in [5.74, 6) is 0.953. The Morgan fingerprint density at radius 1 is 1.10 bits per heavy atom. The fourth-order valence-corrected chi connectivity index (χ4v) is 4.51. The first-order valence-corrected chi connectivity index (χ1v) is 10.8. The van der Waals surface area contributed by atoms with Crippen LogP contribution in [0.5, 0.6) is 0 Å². The van der Waals surface area contributed by atoms with Crippen molar-refractivity contribution in [3.63, 3.8) is 0 Å². The summed E-state index contributed by atoms with van der Waals surface area (Å²) >= 11 is 0. The van der Waals surface area contributed by atoms with Crippen LogP contribution >= 0.6 is 0 Å². The van der Waals surface area contributed by atoms with E-state index >= 15 is 0 Å². The fraction of sp³-hybridized carbons (Fsp3) is 0.545. The number of rotatable bonds is 5. The van der Waals surface area contributed by atoms with Gasteiger partial charge in [0, 0.05) is 17.1 Å². The molecular formula is C22H33N7+2. The zero-order valence-corrected chi connectivity index (χ0v) is 18.0. The largest absolute Gasteiger partial charge is 0.326 e. The Labute approximate surface area is 172 Å². The second kappa shape index (κ2) is 8.16. The molecular weight excluding hydrogens is 362 g/mol. The molecule has 1 saturated heterocycles. The van der Waals surface area contributed by atoms with Crippen LogP contribution in [0.15, 0.2) is 36.5 Å².